The Labute approximate surface area is 119 Å². The summed E-state index contributed by atoms with van der Waals surface area (Å²) in [6.07, 6.45) is 0. The molecular weight excluding hydrogens is 276 g/mol. The van der Waals surface area contributed by atoms with Crippen molar-refractivity contribution in [2.45, 2.75) is 6.92 Å². The summed E-state index contributed by atoms with van der Waals surface area (Å²) in [5, 5.41) is 11.1. The molecule has 0 unspecified atom stereocenters. The molecule has 20 heavy (non-hydrogen) atoms. The van der Waals surface area contributed by atoms with E-state index in [9.17, 15) is 9.90 Å². The Bertz CT molecular complexity index is 871. The fourth-order valence-corrected chi connectivity index (χ4v) is 2.23. The molecule has 0 atom stereocenters. The van der Waals surface area contributed by atoms with Crippen molar-refractivity contribution in [1.82, 2.24) is 9.97 Å². The van der Waals surface area contributed by atoms with Gasteiger partial charge in [-0.1, -0.05) is 23.7 Å². The van der Waals surface area contributed by atoms with Crippen molar-refractivity contribution in [3.05, 3.63) is 57.3 Å². The van der Waals surface area contributed by atoms with Crippen LogP contribution in [0.5, 0.6) is 5.75 Å². The van der Waals surface area contributed by atoms with Gasteiger partial charge in [-0.3, -0.25) is 4.79 Å². The van der Waals surface area contributed by atoms with Crippen molar-refractivity contribution in [3.8, 4) is 17.1 Å². The Morgan fingerprint density at radius 3 is 2.75 bits per heavy atom. The van der Waals surface area contributed by atoms with E-state index in [1.807, 2.05) is 6.07 Å². The second-order valence-electron chi connectivity index (χ2n) is 4.50. The normalized spacial score (nSPS) is 10.9. The van der Waals surface area contributed by atoms with Gasteiger partial charge < -0.3 is 10.1 Å². The van der Waals surface area contributed by atoms with Crippen molar-refractivity contribution in [1.29, 1.82) is 0 Å². The summed E-state index contributed by atoms with van der Waals surface area (Å²) in [7, 11) is 0. The van der Waals surface area contributed by atoms with Gasteiger partial charge in [-0.15, -0.1) is 0 Å². The number of hydrogen-bond donors (Lipinski definition) is 2. The number of H-pyrrole nitrogens is 1. The molecule has 3 rings (SSSR count). The van der Waals surface area contributed by atoms with Crippen molar-refractivity contribution in [2.75, 3.05) is 0 Å². The van der Waals surface area contributed by atoms with Crippen LogP contribution in [0.4, 0.5) is 0 Å². The molecule has 0 fully saturated rings. The number of halogens is 1. The zero-order valence-corrected chi connectivity index (χ0v) is 11.4. The maximum Gasteiger partial charge on any atom is 0.259 e. The number of aromatic amines is 1. The first kappa shape index (κ1) is 12.7. The molecule has 4 nitrogen and oxygen atoms in total. The minimum absolute atomic E-state index is 0.0240. The Kier molecular flexibility index (Phi) is 2.95. The van der Waals surface area contributed by atoms with Gasteiger partial charge in [0.05, 0.1) is 16.5 Å². The average molecular weight is 287 g/mol. The van der Waals surface area contributed by atoms with Crippen LogP contribution >= 0.6 is 11.6 Å². The highest BCUT2D eigenvalue weighted by atomic mass is 35.5. The molecule has 0 saturated heterocycles. The zero-order chi connectivity index (χ0) is 14.3. The number of hydrogen-bond acceptors (Lipinski definition) is 3. The van der Waals surface area contributed by atoms with E-state index in [1.165, 1.54) is 0 Å². The second-order valence-corrected chi connectivity index (χ2v) is 4.91. The zero-order valence-electron chi connectivity index (χ0n) is 10.6. The Balaban J connectivity index is 2.31. The molecule has 0 radical (unpaired) electrons. The van der Waals surface area contributed by atoms with Crippen molar-refractivity contribution in [3.63, 3.8) is 0 Å². The molecule has 2 aromatic carbocycles. The highest BCUT2D eigenvalue weighted by Crippen LogP contribution is 2.33. The minimum Gasteiger partial charge on any atom is -0.507 e. The lowest BCUT2D eigenvalue weighted by atomic mass is 10.1. The Morgan fingerprint density at radius 2 is 1.95 bits per heavy atom. The maximum absolute atomic E-state index is 12.0. The Morgan fingerprint density at radius 1 is 1.20 bits per heavy atom. The second kappa shape index (κ2) is 4.65. The lowest BCUT2D eigenvalue weighted by Crippen LogP contribution is -2.09. The molecule has 0 spiro atoms. The highest BCUT2D eigenvalue weighted by Gasteiger charge is 2.13. The number of aromatic hydroxyl groups is 1. The van der Waals surface area contributed by atoms with Gasteiger partial charge in [0, 0.05) is 10.6 Å². The van der Waals surface area contributed by atoms with Gasteiger partial charge in [-0.05, 0) is 31.2 Å². The SMILES string of the molecule is Cc1c(Cl)ccc(-c2nc3ccccc3c(=O)[nH]2)c1O. The van der Waals surface area contributed by atoms with Gasteiger partial charge in [0.2, 0.25) is 0 Å². The first-order chi connectivity index (χ1) is 9.58. The van der Waals surface area contributed by atoms with Gasteiger partial charge in [-0.25, -0.2) is 4.98 Å². The van der Waals surface area contributed by atoms with E-state index in [0.29, 0.717) is 32.9 Å². The van der Waals surface area contributed by atoms with E-state index in [0.717, 1.165) is 0 Å². The number of aromatic nitrogens is 2. The van der Waals surface area contributed by atoms with Crippen LogP contribution < -0.4 is 5.56 Å². The maximum atomic E-state index is 12.0. The van der Waals surface area contributed by atoms with Gasteiger partial charge in [0.25, 0.3) is 5.56 Å². The number of phenolic OH excluding ortho intramolecular Hbond substituents is 1. The fraction of sp³-hybridized carbons (Fsp3) is 0.0667. The molecule has 1 heterocycles. The lowest BCUT2D eigenvalue weighted by Gasteiger charge is -2.08. The van der Waals surface area contributed by atoms with Crippen molar-refractivity contribution >= 4 is 22.5 Å². The average Bonchev–Trinajstić information content (AvgIpc) is 2.45. The van der Waals surface area contributed by atoms with Crippen molar-refractivity contribution < 1.29 is 5.11 Å². The largest absolute Gasteiger partial charge is 0.507 e. The predicted octanol–water partition coefficient (Wildman–Crippen LogP) is 3.26. The van der Waals surface area contributed by atoms with E-state index < -0.39 is 0 Å². The molecule has 3 aromatic rings. The number of para-hydroxylation sites is 1. The third-order valence-electron chi connectivity index (χ3n) is 3.23. The minimum atomic E-state index is -0.238. The van der Waals surface area contributed by atoms with E-state index in [-0.39, 0.29) is 11.3 Å². The fourth-order valence-electron chi connectivity index (χ4n) is 2.08. The molecule has 0 aliphatic carbocycles. The number of rotatable bonds is 1. The number of benzene rings is 2. The van der Waals surface area contributed by atoms with Gasteiger partial charge in [-0.2, -0.15) is 0 Å². The molecule has 0 aliphatic heterocycles. The summed E-state index contributed by atoms with van der Waals surface area (Å²) < 4.78 is 0. The highest BCUT2D eigenvalue weighted by molar-refractivity contribution is 6.31. The quantitative estimate of drug-likeness (QED) is 0.721. The number of nitrogens with zero attached hydrogens (tertiary/aromatic N) is 1. The Hall–Kier alpha value is -2.33. The monoisotopic (exact) mass is 286 g/mol. The summed E-state index contributed by atoms with van der Waals surface area (Å²) in [5.41, 5.74) is 1.35. The summed E-state index contributed by atoms with van der Waals surface area (Å²) in [6.45, 7) is 1.71. The third-order valence-corrected chi connectivity index (χ3v) is 3.64. The summed E-state index contributed by atoms with van der Waals surface area (Å²) >= 11 is 5.95. The van der Waals surface area contributed by atoms with Crippen molar-refractivity contribution in [2.24, 2.45) is 0 Å². The molecule has 0 amide bonds. The molecule has 0 bridgehead atoms. The molecule has 1 aromatic heterocycles. The molecule has 0 saturated carbocycles. The predicted molar refractivity (Wildman–Crippen MR) is 79.2 cm³/mol. The molecule has 2 N–H and O–H groups in total. The summed E-state index contributed by atoms with van der Waals surface area (Å²) in [5.74, 6) is 0.349. The third kappa shape index (κ3) is 1.94. The van der Waals surface area contributed by atoms with Crippen LogP contribution in [0.25, 0.3) is 22.3 Å². The first-order valence-electron chi connectivity index (χ1n) is 6.05. The van der Waals surface area contributed by atoms with E-state index in [2.05, 4.69) is 9.97 Å². The molecule has 100 valence electrons. The topological polar surface area (TPSA) is 66.0 Å². The van der Waals surface area contributed by atoms with Crippen LogP contribution in [0.3, 0.4) is 0 Å². The summed E-state index contributed by atoms with van der Waals surface area (Å²) in [6, 6.07) is 10.4. The van der Waals surface area contributed by atoms with Gasteiger partial charge in [0.15, 0.2) is 0 Å². The molecule has 0 aliphatic rings. The van der Waals surface area contributed by atoms with E-state index in [4.69, 9.17) is 11.6 Å². The lowest BCUT2D eigenvalue weighted by molar-refractivity contribution is 0.473. The van der Waals surface area contributed by atoms with Gasteiger partial charge in [0.1, 0.15) is 11.6 Å². The number of fused-ring (bicyclic) bond motifs is 1. The summed E-state index contributed by atoms with van der Waals surface area (Å²) in [4.78, 5) is 19.1. The van der Waals surface area contributed by atoms with Crippen LogP contribution in [0.2, 0.25) is 5.02 Å². The standard InChI is InChI=1S/C15H11ClN2O2/c1-8-11(16)7-6-10(13(8)19)14-17-12-5-3-2-4-9(12)15(20)18-14/h2-7,19H,1H3,(H,17,18,20). The van der Waals surface area contributed by atoms with E-state index in [1.54, 1.807) is 37.3 Å². The first-order valence-corrected chi connectivity index (χ1v) is 6.43. The van der Waals surface area contributed by atoms with Crippen LogP contribution in [0.15, 0.2) is 41.2 Å². The number of phenols is 1. The van der Waals surface area contributed by atoms with Crippen LogP contribution in [0.1, 0.15) is 5.56 Å². The number of nitrogens with one attached hydrogen (secondary N) is 1. The molecular formula is C15H11ClN2O2. The molecule has 5 heteroatoms. The van der Waals surface area contributed by atoms with Crippen LogP contribution in [-0.4, -0.2) is 15.1 Å². The van der Waals surface area contributed by atoms with E-state index >= 15 is 0 Å². The smallest absolute Gasteiger partial charge is 0.259 e. The van der Waals surface area contributed by atoms with Gasteiger partial charge >= 0.3 is 0 Å². The van der Waals surface area contributed by atoms with Crippen LogP contribution in [-0.2, 0) is 0 Å². The van der Waals surface area contributed by atoms with Crippen LogP contribution in [0, 0.1) is 6.92 Å².